The minimum Gasteiger partial charge on any atom is -0.348 e. The molecule has 4 amide bonds. The van der Waals surface area contributed by atoms with E-state index >= 15 is 0 Å². The lowest BCUT2D eigenvalue weighted by Crippen LogP contribution is -2.44. The van der Waals surface area contributed by atoms with E-state index in [9.17, 15) is 14.4 Å². The number of carbonyl (C=O) groups excluding carboxylic acids is 3. The van der Waals surface area contributed by atoms with Crippen molar-refractivity contribution in [2.45, 2.75) is 57.5 Å². The van der Waals surface area contributed by atoms with Gasteiger partial charge in [0.05, 0.1) is 6.04 Å². The molecule has 2 N–H and O–H groups in total. The quantitative estimate of drug-likeness (QED) is 0.702. The number of benzene rings is 2. The van der Waals surface area contributed by atoms with Crippen LogP contribution in [0.4, 0.5) is 4.79 Å². The Balaban J connectivity index is 1.45. The normalized spacial score (nSPS) is 22.8. The van der Waals surface area contributed by atoms with Crippen molar-refractivity contribution in [3.8, 4) is 0 Å². The van der Waals surface area contributed by atoms with Gasteiger partial charge in [0.1, 0.15) is 12.1 Å². The summed E-state index contributed by atoms with van der Waals surface area (Å²) < 4.78 is 0. The highest BCUT2D eigenvalue weighted by Gasteiger charge is 2.49. The summed E-state index contributed by atoms with van der Waals surface area (Å²) in [6.07, 6.45) is 4.86. The van der Waals surface area contributed by atoms with Gasteiger partial charge in [-0.05, 0) is 54.9 Å². The smallest absolute Gasteiger partial charge is 0.325 e. The van der Waals surface area contributed by atoms with E-state index in [1.165, 1.54) is 11.1 Å². The molecule has 2 atom stereocenters. The Labute approximate surface area is 183 Å². The van der Waals surface area contributed by atoms with E-state index in [0.717, 1.165) is 48.1 Å². The van der Waals surface area contributed by atoms with Gasteiger partial charge in [0.15, 0.2) is 0 Å². The summed E-state index contributed by atoms with van der Waals surface area (Å²) in [5.74, 6) is -0.729. The molecule has 0 spiro atoms. The Morgan fingerprint density at radius 1 is 1.16 bits per heavy atom. The molecule has 6 nitrogen and oxygen atoms in total. The third-order valence-electron chi connectivity index (χ3n) is 6.35. The fraction of sp³-hybridized carbons (Fsp3) is 0.400. The molecule has 1 saturated heterocycles. The summed E-state index contributed by atoms with van der Waals surface area (Å²) in [6.45, 7) is 3.52. The van der Waals surface area contributed by atoms with Gasteiger partial charge in [-0.3, -0.25) is 14.5 Å². The molecule has 1 heterocycles. The zero-order valence-electron chi connectivity index (χ0n) is 18.1. The number of nitrogens with zero attached hydrogens (tertiary/aromatic N) is 1. The van der Waals surface area contributed by atoms with E-state index in [-0.39, 0.29) is 18.5 Å². The third-order valence-corrected chi connectivity index (χ3v) is 6.35. The highest BCUT2D eigenvalue weighted by atomic mass is 16.2. The molecule has 0 radical (unpaired) electrons. The molecule has 1 aliphatic carbocycles. The van der Waals surface area contributed by atoms with Crippen LogP contribution in [0, 0.1) is 0 Å². The van der Waals surface area contributed by atoms with E-state index in [4.69, 9.17) is 0 Å². The van der Waals surface area contributed by atoms with Crippen LogP contribution in [-0.4, -0.2) is 29.3 Å². The van der Waals surface area contributed by atoms with E-state index in [1.807, 2.05) is 42.5 Å². The van der Waals surface area contributed by atoms with Crippen molar-refractivity contribution in [2.24, 2.45) is 0 Å². The maximum atomic E-state index is 13.1. The minimum absolute atomic E-state index is 0.0873. The monoisotopic (exact) mass is 419 g/mol. The highest BCUT2D eigenvalue weighted by Crippen LogP contribution is 2.31. The van der Waals surface area contributed by atoms with E-state index in [0.29, 0.717) is 0 Å². The topological polar surface area (TPSA) is 78.5 Å². The molecular weight excluding hydrogens is 390 g/mol. The van der Waals surface area contributed by atoms with Crippen molar-refractivity contribution in [3.05, 3.63) is 70.8 Å². The first kappa shape index (κ1) is 21.1. The predicted octanol–water partition coefficient (Wildman–Crippen LogP) is 3.60. The zero-order valence-corrected chi connectivity index (χ0v) is 18.1. The van der Waals surface area contributed by atoms with Gasteiger partial charge < -0.3 is 10.6 Å². The standard InChI is InChI=1S/C25H29N3O3/c1-3-7-17-12-14-19(15-13-17)25(2)23(30)28(24(31)27-25)16-22(29)26-21-11-6-9-18-8-4-5-10-20(18)21/h4-5,8,10,12-15,21H,3,6-7,9,11,16H2,1-2H3,(H,26,29)(H,27,31)/t21-,25+/m0/s1. The molecule has 4 rings (SSSR count). The second-order valence-electron chi connectivity index (χ2n) is 8.60. The Hall–Kier alpha value is -3.15. The summed E-state index contributed by atoms with van der Waals surface area (Å²) in [5.41, 5.74) is 3.11. The van der Waals surface area contributed by atoms with Crippen molar-refractivity contribution in [1.82, 2.24) is 15.5 Å². The molecule has 0 aromatic heterocycles. The van der Waals surface area contributed by atoms with Gasteiger partial charge in [0, 0.05) is 0 Å². The lowest BCUT2D eigenvalue weighted by molar-refractivity contribution is -0.135. The number of fused-ring (bicyclic) bond motifs is 1. The SMILES string of the molecule is CCCc1ccc([C@@]2(C)NC(=O)N(CC(=O)N[C@H]3CCCc4ccccc43)C2=O)cc1. The number of urea groups is 1. The van der Waals surface area contributed by atoms with Crippen LogP contribution in [-0.2, 0) is 28.0 Å². The van der Waals surface area contributed by atoms with Gasteiger partial charge in [-0.25, -0.2) is 4.79 Å². The molecule has 1 aliphatic heterocycles. The molecule has 2 aromatic carbocycles. The number of aryl methyl sites for hydroxylation is 2. The molecule has 0 saturated carbocycles. The van der Waals surface area contributed by atoms with Crippen LogP contribution in [0.25, 0.3) is 0 Å². The van der Waals surface area contributed by atoms with E-state index in [2.05, 4.69) is 23.6 Å². The summed E-state index contributed by atoms with van der Waals surface area (Å²) >= 11 is 0. The largest absolute Gasteiger partial charge is 0.348 e. The van der Waals surface area contributed by atoms with Crippen LogP contribution in [0.3, 0.4) is 0 Å². The zero-order chi connectivity index (χ0) is 22.0. The highest BCUT2D eigenvalue weighted by molar-refractivity contribution is 6.09. The fourth-order valence-corrected chi connectivity index (χ4v) is 4.62. The van der Waals surface area contributed by atoms with Gasteiger partial charge >= 0.3 is 6.03 Å². The molecule has 0 unspecified atom stereocenters. The number of rotatable bonds is 6. The fourth-order valence-electron chi connectivity index (χ4n) is 4.62. The number of nitrogens with one attached hydrogen (secondary N) is 2. The third kappa shape index (κ3) is 4.07. The number of hydrogen-bond donors (Lipinski definition) is 2. The van der Waals surface area contributed by atoms with Gasteiger partial charge in [0.2, 0.25) is 5.91 Å². The number of amides is 4. The average molecular weight is 420 g/mol. The van der Waals surface area contributed by atoms with Crippen LogP contribution < -0.4 is 10.6 Å². The maximum Gasteiger partial charge on any atom is 0.325 e. The van der Waals surface area contributed by atoms with E-state index in [1.54, 1.807) is 6.92 Å². The number of hydrogen-bond acceptors (Lipinski definition) is 3. The lowest BCUT2D eigenvalue weighted by atomic mass is 9.88. The first-order valence-electron chi connectivity index (χ1n) is 11.0. The van der Waals surface area contributed by atoms with Crippen LogP contribution in [0.2, 0.25) is 0 Å². The molecule has 6 heteroatoms. The lowest BCUT2D eigenvalue weighted by Gasteiger charge is -2.27. The van der Waals surface area contributed by atoms with Crippen molar-refractivity contribution in [2.75, 3.05) is 6.54 Å². The van der Waals surface area contributed by atoms with Crippen molar-refractivity contribution in [1.29, 1.82) is 0 Å². The second-order valence-corrected chi connectivity index (χ2v) is 8.60. The number of carbonyl (C=O) groups is 3. The number of imide groups is 1. The van der Waals surface area contributed by atoms with Crippen LogP contribution in [0.1, 0.15) is 61.4 Å². The Kier molecular flexibility index (Phi) is 5.81. The van der Waals surface area contributed by atoms with Gasteiger partial charge in [-0.1, -0.05) is 61.9 Å². The van der Waals surface area contributed by atoms with Crippen molar-refractivity contribution >= 4 is 17.8 Å². The van der Waals surface area contributed by atoms with Crippen LogP contribution >= 0.6 is 0 Å². The molecule has 0 bridgehead atoms. The van der Waals surface area contributed by atoms with E-state index < -0.39 is 17.5 Å². The summed E-state index contributed by atoms with van der Waals surface area (Å²) in [6, 6.07) is 15.2. The maximum absolute atomic E-state index is 13.1. The average Bonchev–Trinajstić information content (AvgIpc) is 2.98. The predicted molar refractivity (Wildman–Crippen MR) is 118 cm³/mol. The summed E-state index contributed by atoms with van der Waals surface area (Å²) in [5, 5.41) is 5.80. The van der Waals surface area contributed by atoms with Gasteiger partial charge in [-0.2, -0.15) is 0 Å². The van der Waals surface area contributed by atoms with Crippen molar-refractivity contribution < 1.29 is 14.4 Å². The van der Waals surface area contributed by atoms with Crippen LogP contribution in [0.15, 0.2) is 48.5 Å². The first-order chi connectivity index (χ1) is 14.9. The first-order valence-corrected chi connectivity index (χ1v) is 11.0. The molecular formula is C25H29N3O3. The Morgan fingerprint density at radius 2 is 1.90 bits per heavy atom. The Bertz CT molecular complexity index is 1000. The molecule has 2 aliphatic rings. The minimum atomic E-state index is -1.17. The Morgan fingerprint density at radius 3 is 2.65 bits per heavy atom. The summed E-state index contributed by atoms with van der Waals surface area (Å²) in [4.78, 5) is 39.5. The van der Waals surface area contributed by atoms with Gasteiger partial charge in [0.25, 0.3) is 5.91 Å². The molecule has 31 heavy (non-hydrogen) atoms. The molecule has 2 aromatic rings. The van der Waals surface area contributed by atoms with Crippen LogP contribution in [0.5, 0.6) is 0 Å². The molecule has 1 fully saturated rings. The van der Waals surface area contributed by atoms with Gasteiger partial charge in [-0.15, -0.1) is 0 Å². The summed E-state index contributed by atoms with van der Waals surface area (Å²) in [7, 11) is 0. The van der Waals surface area contributed by atoms with Crippen molar-refractivity contribution in [3.63, 3.8) is 0 Å². The second kappa shape index (κ2) is 8.53. The molecule has 162 valence electrons.